The molecule has 19 heavy (non-hydrogen) atoms. The molecule has 104 valence electrons. The van der Waals surface area contributed by atoms with Crippen LogP contribution in [0.5, 0.6) is 0 Å². The number of carbonyl (C=O) groups excluding carboxylic acids is 2. The summed E-state index contributed by atoms with van der Waals surface area (Å²) in [5.74, 6) is 0.956. The Hall–Kier alpha value is -1.92. The van der Waals surface area contributed by atoms with E-state index in [0.717, 1.165) is 0 Å². The van der Waals surface area contributed by atoms with Crippen molar-refractivity contribution in [2.24, 2.45) is 5.92 Å². The molecule has 1 aliphatic heterocycles. The van der Waals surface area contributed by atoms with Crippen molar-refractivity contribution in [1.29, 1.82) is 0 Å². The van der Waals surface area contributed by atoms with E-state index in [1.165, 1.54) is 4.90 Å². The highest BCUT2D eigenvalue weighted by molar-refractivity contribution is 5.94. The van der Waals surface area contributed by atoms with Crippen molar-refractivity contribution >= 4 is 11.8 Å². The van der Waals surface area contributed by atoms with E-state index < -0.39 is 6.04 Å². The van der Waals surface area contributed by atoms with Gasteiger partial charge in [0.05, 0.1) is 0 Å². The summed E-state index contributed by atoms with van der Waals surface area (Å²) in [6, 6.07) is -0.453. The van der Waals surface area contributed by atoms with Crippen molar-refractivity contribution in [3.05, 3.63) is 11.7 Å². The van der Waals surface area contributed by atoms with Crippen molar-refractivity contribution in [2.45, 2.75) is 39.8 Å². The van der Waals surface area contributed by atoms with Gasteiger partial charge >= 0.3 is 0 Å². The van der Waals surface area contributed by atoms with Gasteiger partial charge < -0.3 is 14.7 Å². The molecule has 1 aromatic rings. The number of piperazine rings is 1. The molecule has 0 aliphatic carbocycles. The highest BCUT2D eigenvalue weighted by Gasteiger charge is 2.33. The van der Waals surface area contributed by atoms with E-state index in [4.69, 9.17) is 4.52 Å². The quantitative estimate of drug-likeness (QED) is 0.844. The standard InChI is InChI=1S/C12H18N4O3/c1-7(2)4-9-12(18)16(5-10(17)14-9)6-11-13-8(3)15-19-11/h7,9H,4-6H2,1-3H3,(H,14,17). The second-order valence-corrected chi connectivity index (χ2v) is 5.18. The first-order valence-corrected chi connectivity index (χ1v) is 6.33. The first-order valence-electron chi connectivity index (χ1n) is 6.33. The zero-order valence-electron chi connectivity index (χ0n) is 11.3. The van der Waals surface area contributed by atoms with Crippen LogP contribution >= 0.6 is 0 Å². The van der Waals surface area contributed by atoms with Crippen LogP contribution in [-0.4, -0.2) is 39.4 Å². The summed E-state index contributed by atoms with van der Waals surface area (Å²) < 4.78 is 4.98. The van der Waals surface area contributed by atoms with E-state index in [0.29, 0.717) is 24.1 Å². The first-order chi connectivity index (χ1) is 8.95. The smallest absolute Gasteiger partial charge is 0.246 e. The lowest BCUT2D eigenvalue weighted by Gasteiger charge is -2.32. The van der Waals surface area contributed by atoms with Crippen molar-refractivity contribution in [1.82, 2.24) is 20.4 Å². The van der Waals surface area contributed by atoms with Crippen LogP contribution in [0.3, 0.4) is 0 Å². The Morgan fingerprint density at radius 3 is 2.79 bits per heavy atom. The third kappa shape index (κ3) is 3.30. The summed E-state index contributed by atoms with van der Waals surface area (Å²) >= 11 is 0. The minimum absolute atomic E-state index is 0.0366. The van der Waals surface area contributed by atoms with Gasteiger partial charge in [-0.1, -0.05) is 19.0 Å². The molecule has 1 N–H and O–H groups in total. The molecular weight excluding hydrogens is 248 g/mol. The van der Waals surface area contributed by atoms with E-state index in [1.807, 2.05) is 13.8 Å². The molecule has 0 aromatic carbocycles. The molecule has 1 unspecified atom stereocenters. The topological polar surface area (TPSA) is 88.3 Å². The number of carbonyl (C=O) groups is 2. The van der Waals surface area contributed by atoms with Gasteiger partial charge in [0, 0.05) is 0 Å². The summed E-state index contributed by atoms with van der Waals surface area (Å²) in [5, 5.41) is 6.39. The zero-order valence-corrected chi connectivity index (χ0v) is 11.3. The number of aryl methyl sites for hydroxylation is 1. The third-order valence-electron chi connectivity index (χ3n) is 2.88. The van der Waals surface area contributed by atoms with Crippen molar-refractivity contribution in [2.75, 3.05) is 6.54 Å². The number of hydrogen-bond acceptors (Lipinski definition) is 5. The van der Waals surface area contributed by atoms with Gasteiger partial charge in [0.1, 0.15) is 19.1 Å². The fourth-order valence-corrected chi connectivity index (χ4v) is 2.11. The van der Waals surface area contributed by atoms with Crippen LogP contribution in [0.25, 0.3) is 0 Å². The Morgan fingerprint density at radius 1 is 1.47 bits per heavy atom. The van der Waals surface area contributed by atoms with Crippen LogP contribution < -0.4 is 5.32 Å². The SMILES string of the molecule is Cc1noc(CN2CC(=O)NC(CC(C)C)C2=O)n1. The lowest BCUT2D eigenvalue weighted by atomic mass is 10.0. The van der Waals surface area contributed by atoms with Gasteiger partial charge in [-0.3, -0.25) is 9.59 Å². The maximum Gasteiger partial charge on any atom is 0.246 e. The van der Waals surface area contributed by atoms with Crippen LogP contribution in [0.15, 0.2) is 4.52 Å². The summed E-state index contributed by atoms with van der Waals surface area (Å²) in [5.41, 5.74) is 0. The number of amides is 2. The van der Waals surface area contributed by atoms with Gasteiger partial charge in [-0.25, -0.2) is 0 Å². The minimum atomic E-state index is -0.453. The van der Waals surface area contributed by atoms with E-state index >= 15 is 0 Å². The summed E-state index contributed by atoms with van der Waals surface area (Å²) in [6.45, 7) is 5.95. The predicted octanol–water partition coefficient (Wildman–Crippen LogP) is 0.251. The number of hydrogen-bond donors (Lipinski definition) is 1. The maximum absolute atomic E-state index is 12.2. The average molecular weight is 266 g/mol. The van der Waals surface area contributed by atoms with E-state index in [1.54, 1.807) is 6.92 Å². The van der Waals surface area contributed by atoms with Gasteiger partial charge in [0.15, 0.2) is 5.82 Å². The lowest BCUT2D eigenvalue weighted by Crippen LogP contribution is -2.57. The second kappa shape index (κ2) is 5.38. The monoisotopic (exact) mass is 266 g/mol. The molecule has 1 aliphatic rings. The average Bonchev–Trinajstić information content (AvgIpc) is 2.70. The van der Waals surface area contributed by atoms with Crippen molar-refractivity contribution in [3.8, 4) is 0 Å². The predicted molar refractivity (Wildman–Crippen MR) is 65.8 cm³/mol. The normalized spacial score (nSPS) is 20.0. The molecule has 0 radical (unpaired) electrons. The molecule has 2 heterocycles. The third-order valence-corrected chi connectivity index (χ3v) is 2.88. The minimum Gasteiger partial charge on any atom is -0.343 e. The Kier molecular flexibility index (Phi) is 3.82. The van der Waals surface area contributed by atoms with E-state index in [2.05, 4.69) is 15.5 Å². The molecule has 1 saturated heterocycles. The zero-order chi connectivity index (χ0) is 14.0. The molecule has 1 atom stereocenters. The highest BCUT2D eigenvalue weighted by atomic mass is 16.5. The molecule has 2 amide bonds. The van der Waals surface area contributed by atoms with E-state index in [9.17, 15) is 9.59 Å². The fourth-order valence-electron chi connectivity index (χ4n) is 2.11. The molecule has 7 heteroatoms. The molecule has 2 rings (SSSR count). The Balaban J connectivity index is 2.06. The summed E-state index contributed by atoms with van der Waals surface area (Å²) in [4.78, 5) is 29.4. The Labute approximate surface area is 111 Å². The fraction of sp³-hybridized carbons (Fsp3) is 0.667. The number of nitrogens with zero attached hydrogens (tertiary/aromatic N) is 3. The maximum atomic E-state index is 12.2. The van der Waals surface area contributed by atoms with Crippen molar-refractivity contribution in [3.63, 3.8) is 0 Å². The van der Waals surface area contributed by atoms with Crippen molar-refractivity contribution < 1.29 is 14.1 Å². The van der Waals surface area contributed by atoms with Gasteiger partial charge in [-0.15, -0.1) is 0 Å². The van der Waals surface area contributed by atoms with Crippen LogP contribution in [-0.2, 0) is 16.1 Å². The van der Waals surface area contributed by atoms with Crippen LogP contribution in [0.2, 0.25) is 0 Å². The van der Waals surface area contributed by atoms with Gasteiger partial charge in [0.25, 0.3) is 0 Å². The molecule has 1 fully saturated rings. The summed E-state index contributed by atoms with van der Waals surface area (Å²) in [6.07, 6.45) is 0.629. The molecule has 7 nitrogen and oxygen atoms in total. The number of rotatable bonds is 4. The molecule has 0 saturated carbocycles. The summed E-state index contributed by atoms with van der Waals surface area (Å²) in [7, 11) is 0. The largest absolute Gasteiger partial charge is 0.343 e. The molecule has 0 spiro atoms. The highest BCUT2D eigenvalue weighted by Crippen LogP contribution is 2.13. The molecular formula is C12H18N4O3. The van der Waals surface area contributed by atoms with Gasteiger partial charge in [-0.05, 0) is 19.3 Å². The van der Waals surface area contributed by atoms with E-state index in [-0.39, 0.29) is 24.9 Å². The van der Waals surface area contributed by atoms with Crippen LogP contribution in [0.1, 0.15) is 32.0 Å². The molecule has 1 aromatic heterocycles. The number of nitrogens with one attached hydrogen (secondary N) is 1. The second-order valence-electron chi connectivity index (χ2n) is 5.18. The Morgan fingerprint density at radius 2 is 2.21 bits per heavy atom. The molecule has 0 bridgehead atoms. The van der Waals surface area contributed by atoms with Gasteiger partial charge in [0.2, 0.25) is 17.7 Å². The van der Waals surface area contributed by atoms with Crippen LogP contribution in [0.4, 0.5) is 0 Å². The van der Waals surface area contributed by atoms with Gasteiger partial charge in [-0.2, -0.15) is 4.98 Å². The first kappa shape index (κ1) is 13.5. The lowest BCUT2D eigenvalue weighted by molar-refractivity contribution is -0.145. The number of aromatic nitrogens is 2. The Bertz CT molecular complexity index is 483. The van der Waals surface area contributed by atoms with Crippen LogP contribution in [0, 0.1) is 12.8 Å².